The highest BCUT2D eigenvalue weighted by molar-refractivity contribution is 5.29. The minimum atomic E-state index is 0.470. The molecule has 2 unspecified atom stereocenters. The van der Waals surface area contributed by atoms with Gasteiger partial charge in [0, 0.05) is 0 Å². The largest absolute Gasteiger partial charge is 0.377 e. The molecule has 0 aliphatic heterocycles. The fraction of sp³-hybridized carbons (Fsp3) is 0.857. The Morgan fingerprint density at radius 2 is 1.93 bits per heavy atom. The molecule has 1 nitrogen and oxygen atoms in total. The molecule has 0 aromatic rings. The lowest BCUT2D eigenvalue weighted by atomic mass is 9.75. The molecule has 15 heavy (non-hydrogen) atoms. The van der Waals surface area contributed by atoms with E-state index in [1.165, 1.54) is 12.8 Å². The Bertz CT molecular complexity index is 307. The third-order valence-electron chi connectivity index (χ3n) is 5.88. The minimum absolute atomic E-state index is 0.470. The molecule has 4 rings (SSSR count). The first-order chi connectivity index (χ1) is 7.00. The van der Waals surface area contributed by atoms with E-state index in [2.05, 4.69) is 20.4 Å². The maximum Gasteiger partial charge on any atom is 0.0671 e. The van der Waals surface area contributed by atoms with E-state index in [0.29, 0.717) is 10.8 Å². The Morgan fingerprint density at radius 3 is 2.33 bits per heavy atom. The van der Waals surface area contributed by atoms with Crippen LogP contribution in [0.1, 0.15) is 33.6 Å². The van der Waals surface area contributed by atoms with Gasteiger partial charge in [-0.3, -0.25) is 0 Å². The normalized spacial score (nSPS) is 54.7. The lowest BCUT2D eigenvalue weighted by Gasteiger charge is -2.33. The van der Waals surface area contributed by atoms with E-state index in [4.69, 9.17) is 4.74 Å². The Morgan fingerprint density at radius 1 is 1.33 bits per heavy atom. The van der Waals surface area contributed by atoms with Crippen molar-refractivity contribution in [1.82, 2.24) is 0 Å². The predicted molar refractivity (Wildman–Crippen MR) is 61.6 cm³/mol. The van der Waals surface area contributed by atoms with Crippen molar-refractivity contribution in [1.29, 1.82) is 0 Å². The van der Waals surface area contributed by atoms with Crippen LogP contribution in [0.15, 0.2) is 12.2 Å². The average molecular weight is 206 g/mol. The lowest BCUT2D eigenvalue weighted by Crippen LogP contribution is -2.32. The maximum absolute atomic E-state index is 5.84. The predicted octanol–water partition coefficient (Wildman–Crippen LogP) is 3.26. The summed E-state index contributed by atoms with van der Waals surface area (Å²) in [7, 11) is 0. The Balaban J connectivity index is 1.68. The summed E-state index contributed by atoms with van der Waals surface area (Å²) in [5, 5.41) is 0. The van der Waals surface area contributed by atoms with Gasteiger partial charge in [0.2, 0.25) is 0 Å². The zero-order valence-corrected chi connectivity index (χ0v) is 10.2. The van der Waals surface area contributed by atoms with Crippen LogP contribution < -0.4 is 0 Å². The van der Waals surface area contributed by atoms with Crippen LogP contribution in [0.4, 0.5) is 0 Å². The van der Waals surface area contributed by atoms with Crippen molar-refractivity contribution in [2.45, 2.75) is 33.6 Å². The van der Waals surface area contributed by atoms with Gasteiger partial charge in [0.25, 0.3) is 0 Å². The highest BCUT2D eigenvalue weighted by atomic mass is 16.5. The monoisotopic (exact) mass is 206 g/mol. The molecular weight excluding hydrogens is 184 g/mol. The molecule has 4 bridgehead atoms. The summed E-state index contributed by atoms with van der Waals surface area (Å²) < 4.78 is 5.84. The molecule has 0 saturated heterocycles. The number of ether oxygens (including phenoxy) is 1. The van der Waals surface area contributed by atoms with Crippen LogP contribution in [-0.2, 0) is 4.74 Å². The van der Waals surface area contributed by atoms with Crippen molar-refractivity contribution in [2.75, 3.05) is 13.2 Å². The van der Waals surface area contributed by atoms with Crippen LogP contribution in [0.3, 0.4) is 0 Å². The second-order valence-electron chi connectivity index (χ2n) is 6.53. The zero-order valence-electron chi connectivity index (χ0n) is 10.2. The molecule has 0 radical (unpaired) electrons. The number of hydrogen-bond donors (Lipinski definition) is 0. The third kappa shape index (κ3) is 0.982. The van der Waals surface area contributed by atoms with Gasteiger partial charge < -0.3 is 4.74 Å². The smallest absolute Gasteiger partial charge is 0.0671 e. The molecule has 1 heteroatoms. The van der Waals surface area contributed by atoms with Crippen molar-refractivity contribution < 1.29 is 4.74 Å². The molecule has 0 N–H and O–H groups in total. The Hall–Kier alpha value is -0.300. The molecule has 4 saturated carbocycles. The molecule has 4 aliphatic carbocycles. The van der Waals surface area contributed by atoms with E-state index < -0.39 is 0 Å². The van der Waals surface area contributed by atoms with Gasteiger partial charge in [-0.15, -0.1) is 0 Å². The van der Waals surface area contributed by atoms with Crippen LogP contribution in [0.2, 0.25) is 0 Å². The zero-order chi connectivity index (χ0) is 10.8. The van der Waals surface area contributed by atoms with Gasteiger partial charge in [-0.25, -0.2) is 0 Å². The van der Waals surface area contributed by atoms with Gasteiger partial charge in [0.15, 0.2) is 0 Å². The molecule has 0 spiro atoms. The molecule has 4 fully saturated rings. The van der Waals surface area contributed by atoms with Crippen molar-refractivity contribution >= 4 is 0 Å². The van der Waals surface area contributed by atoms with Gasteiger partial charge in [-0.2, -0.15) is 0 Å². The summed E-state index contributed by atoms with van der Waals surface area (Å²) >= 11 is 0. The molecule has 84 valence electrons. The lowest BCUT2D eigenvalue weighted by molar-refractivity contribution is 0.0172. The fourth-order valence-electron chi connectivity index (χ4n) is 4.74. The quantitative estimate of drug-likeness (QED) is 0.641. The first-order valence-corrected chi connectivity index (χ1v) is 6.22. The van der Waals surface area contributed by atoms with E-state index in [1.54, 1.807) is 0 Å². The molecule has 0 aromatic carbocycles. The molecule has 0 heterocycles. The van der Waals surface area contributed by atoms with Crippen molar-refractivity contribution in [3.05, 3.63) is 12.2 Å². The van der Waals surface area contributed by atoms with E-state index in [9.17, 15) is 0 Å². The maximum atomic E-state index is 5.84. The average Bonchev–Trinajstić information content (AvgIpc) is 2.53. The van der Waals surface area contributed by atoms with Crippen LogP contribution in [0, 0.1) is 28.6 Å². The molecule has 4 aliphatic rings. The minimum Gasteiger partial charge on any atom is -0.377 e. The van der Waals surface area contributed by atoms with Gasteiger partial charge in [-0.05, 0) is 48.3 Å². The molecule has 0 aromatic heterocycles. The summed E-state index contributed by atoms with van der Waals surface area (Å²) in [6.45, 7) is 12.6. The summed E-state index contributed by atoms with van der Waals surface area (Å²) in [6, 6.07) is 0. The first-order valence-electron chi connectivity index (χ1n) is 6.22. The van der Waals surface area contributed by atoms with Crippen LogP contribution in [0.5, 0.6) is 0 Å². The van der Waals surface area contributed by atoms with Gasteiger partial charge in [0.1, 0.15) is 0 Å². The second kappa shape index (κ2) is 2.68. The van der Waals surface area contributed by atoms with Gasteiger partial charge in [-0.1, -0.05) is 26.0 Å². The molecule has 0 amide bonds. The van der Waals surface area contributed by atoms with E-state index >= 15 is 0 Å². The summed E-state index contributed by atoms with van der Waals surface area (Å²) in [4.78, 5) is 0. The van der Waals surface area contributed by atoms with Crippen LogP contribution >= 0.6 is 0 Å². The fourth-order valence-corrected chi connectivity index (χ4v) is 4.74. The van der Waals surface area contributed by atoms with Crippen molar-refractivity contribution in [3.8, 4) is 0 Å². The van der Waals surface area contributed by atoms with E-state index in [0.717, 1.165) is 36.5 Å². The number of rotatable bonds is 4. The third-order valence-corrected chi connectivity index (χ3v) is 5.88. The highest BCUT2D eigenvalue weighted by Crippen LogP contribution is 2.86. The summed E-state index contributed by atoms with van der Waals surface area (Å²) in [5.41, 5.74) is 2.24. The topological polar surface area (TPSA) is 9.23 Å². The summed E-state index contributed by atoms with van der Waals surface area (Å²) in [6.07, 6.45) is 2.96. The standard InChI is InChI=1S/C14H22O/c1-9(2)7-15-8-13(3)10-5-11-12(6-10)14(11,13)4/h10-12H,1,5-8H2,2-4H3/t10?,11-,12+,13-,14?/m1/s1. The molecular formula is C14H22O. The van der Waals surface area contributed by atoms with Crippen LogP contribution in [-0.4, -0.2) is 13.2 Å². The highest BCUT2D eigenvalue weighted by Gasteiger charge is 2.81. The SMILES string of the molecule is C=C(C)COC[C@]1(C)C2C[C@@H]3[C@H](C2)C31C. The second-order valence-corrected chi connectivity index (χ2v) is 6.53. The Kier molecular flexibility index (Phi) is 1.77. The first kappa shape index (κ1) is 9.89. The van der Waals surface area contributed by atoms with Crippen LogP contribution in [0.25, 0.3) is 0 Å². The van der Waals surface area contributed by atoms with Gasteiger partial charge >= 0.3 is 0 Å². The Labute approximate surface area is 92.9 Å². The molecule has 5 atom stereocenters. The van der Waals surface area contributed by atoms with Crippen molar-refractivity contribution in [2.24, 2.45) is 28.6 Å². The number of hydrogen-bond acceptors (Lipinski definition) is 1. The van der Waals surface area contributed by atoms with E-state index in [-0.39, 0.29) is 0 Å². The summed E-state index contributed by atoms with van der Waals surface area (Å²) in [5.74, 6) is 3.03. The van der Waals surface area contributed by atoms with E-state index in [1.807, 2.05) is 6.92 Å². The van der Waals surface area contributed by atoms with Gasteiger partial charge in [0.05, 0.1) is 13.2 Å². The van der Waals surface area contributed by atoms with Crippen molar-refractivity contribution in [3.63, 3.8) is 0 Å².